The number of hydrogen-bond donors (Lipinski definition) is 3. The van der Waals surface area contributed by atoms with Gasteiger partial charge in [-0.1, -0.05) is 0 Å². The zero-order valence-corrected chi connectivity index (χ0v) is 11.4. The molecule has 3 N–H and O–H groups in total. The summed E-state index contributed by atoms with van der Waals surface area (Å²) in [4.78, 5) is 24.9. The lowest BCUT2D eigenvalue weighted by atomic mass is 9.87. The number of aliphatic hydroxyl groups excluding tert-OH is 1. The minimum atomic E-state index is -1.35. The molecule has 8 nitrogen and oxygen atoms in total. The smallest absolute Gasteiger partial charge is 0.342 e. The van der Waals surface area contributed by atoms with Crippen molar-refractivity contribution >= 4 is 17.5 Å². The molecule has 8 heteroatoms. The lowest BCUT2D eigenvalue weighted by Crippen LogP contribution is -2.23. The standard InChI is InChI=1S/C13H17N3O5/c17-9-3-1-8(2-4-9)6-14-12-5-10(13(18)19)11(7-15-12)16(20)21/h5,7-9,17H,1-4,6H2,(H,14,15)(H,18,19). The third-order valence-corrected chi connectivity index (χ3v) is 3.70. The summed E-state index contributed by atoms with van der Waals surface area (Å²) in [5, 5.41) is 32.2. The summed E-state index contributed by atoms with van der Waals surface area (Å²) < 4.78 is 0. The van der Waals surface area contributed by atoms with Crippen LogP contribution >= 0.6 is 0 Å². The van der Waals surface area contributed by atoms with E-state index >= 15 is 0 Å². The molecule has 0 unspecified atom stereocenters. The van der Waals surface area contributed by atoms with Crippen molar-refractivity contribution in [2.45, 2.75) is 31.8 Å². The number of nitrogens with one attached hydrogen (secondary N) is 1. The van der Waals surface area contributed by atoms with Crippen LogP contribution in [0.5, 0.6) is 0 Å². The molecule has 1 fully saturated rings. The van der Waals surface area contributed by atoms with E-state index in [4.69, 9.17) is 5.11 Å². The van der Waals surface area contributed by atoms with Crippen molar-refractivity contribution in [3.63, 3.8) is 0 Å². The van der Waals surface area contributed by atoms with E-state index in [1.54, 1.807) is 0 Å². The monoisotopic (exact) mass is 295 g/mol. The number of carboxylic acids is 1. The van der Waals surface area contributed by atoms with Crippen molar-refractivity contribution in [1.29, 1.82) is 0 Å². The summed E-state index contributed by atoms with van der Waals surface area (Å²) in [5.41, 5.74) is -0.898. The van der Waals surface area contributed by atoms with Gasteiger partial charge in [0.2, 0.25) is 0 Å². The summed E-state index contributed by atoms with van der Waals surface area (Å²) in [5.74, 6) is -0.657. The Bertz CT molecular complexity index is 541. The highest BCUT2D eigenvalue weighted by molar-refractivity contribution is 5.93. The fraction of sp³-hybridized carbons (Fsp3) is 0.538. The van der Waals surface area contributed by atoms with E-state index in [1.807, 2.05) is 0 Å². The second-order valence-corrected chi connectivity index (χ2v) is 5.20. The number of rotatable bonds is 5. The van der Waals surface area contributed by atoms with Gasteiger partial charge in [-0.3, -0.25) is 10.1 Å². The van der Waals surface area contributed by atoms with Gasteiger partial charge in [0.15, 0.2) is 0 Å². The number of nitrogens with zero attached hydrogens (tertiary/aromatic N) is 2. The Morgan fingerprint density at radius 1 is 1.43 bits per heavy atom. The fourth-order valence-corrected chi connectivity index (χ4v) is 2.46. The Kier molecular flexibility index (Phi) is 4.69. The molecule has 114 valence electrons. The molecule has 1 aliphatic carbocycles. The second kappa shape index (κ2) is 6.49. The van der Waals surface area contributed by atoms with Gasteiger partial charge in [0.1, 0.15) is 17.6 Å². The van der Waals surface area contributed by atoms with Crippen LogP contribution in [0.3, 0.4) is 0 Å². The van der Waals surface area contributed by atoms with Crippen molar-refractivity contribution in [3.05, 3.63) is 27.9 Å². The molecule has 1 heterocycles. The SMILES string of the molecule is O=C(O)c1cc(NCC2CCC(O)CC2)ncc1[N+](=O)[O-]. The number of hydrogen-bond acceptors (Lipinski definition) is 6. The molecule has 1 aromatic rings. The minimum absolute atomic E-state index is 0.225. The average Bonchev–Trinajstić information content (AvgIpc) is 2.46. The van der Waals surface area contributed by atoms with Crippen molar-refractivity contribution < 1.29 is 19.9 Å². The van der Waals surface area contributed by atoms with Gasteiger partial charge in [-0.15, -0.1) is 0 Å². The van der Waals surface area contributed by atoms with E-state index in [1.165, 1.54) is 6.07 Å². The predicted molar refractivity (Wildman–Crippen MR) is 74.3 cm³/mol. The maximum Gasteiger partial charge on any atom is 0.342 e. The zero-order valence-electron chi connectivity index (χ0n) is 11.4. The highest BCUT2D eigenvalue weighted by Crippen LogP contribution is 2.25. The quantitative estimate of drug-likeness (QED) is 0.557. The molecule has 0 aromatic carbocycles. The maximum absolute atomic E-state index is 11.0. The summed E-state index contributed by atoms with van der Waals surface area (Å²) in [6.07, 6.45) is 4.05. The maximum atomic E-state index is 11.0. The molecule has 0 aliphatic heterocycles. The Balaban J connectivity index is 2.02. The first kappa shape index (κ1) is 15.2. The van der Waals surface area contributed by atoms with E-state index in [0.717, 1.165) is 31.9 Å². The van der Waals surface area contributed by atoms with Gasteiger partial charge in [-0.2, -0.15) is 0 Å². The van der Waals surface area contributed by atoms with Crippen molar-refractivity contribution in [2.75, 3.05) is 11.9 Å². The molecular formula is C13H17N3O5. The first-order valence-corrected chi connectivity index (χ1v) is 6.77. The van der Waals surface area contributed by atoms with Gasteiger partial charge in [-0.25, -0.2) is 9.78 Å². The van der Waals surface area contributed by atoms with Gasteiger partial charge in [0, 0.05) is 12.6 Å². The molecule has 0 spiro atoms. The number of aromatic nitrogens is 1. The Labute approximate surface area is 121 Å². The average molecular weight is 295 g/mol. The van der Waals surface area contributed by atoms with Crippen LogP contribution in [-0.4, -0.2) is 38.7 Å². The number of aromatic carboxylic acids is 1. The third kappa shape index (κ3) is 3.88. The molecule has 0 radical (unpaired) electrons. The van der Waals surface area contributed by atoms with E-state index in [2.05, 4.69) is 10.3 Å². The number of carboxylic acid groups (broad SMARTS) is 1. The van der Waals surface area contributed by atoms with Gasteiger partial charge in [-0.05, 0) is 31.6 Å². The number of anilines is 1. The van der Waals surface area contributed by atoms with Crippen LogP contribution in [0.4, 0.5) is 11.5 Å². The molecule has 1 saturated carbocycles. The predicted octanol–water partition coefficient (Wildman–Crippen LogP) is 1.65. The molecular weight excluding hydrogens is 278 g/mol. The molecule has 0 saturated heterocycles. The van der Waals surface area contributed by atoms with Gasteiger partial charge < -0.3 is 15.5 Å². The topological polar surface area (TPSA) is 126 Å². The van der Waals surface area contributed by atoms with Crippen molar-refractivity contribution in [1.82, 2.24) is 4.98 Å². The van der Waals surface area contributed by atoms with E-state index in [0.29, 0.717) is 18.3 Å². The van der Waals surface area contributed by atoms with Crippen LogP contribution in [0, 0.1) is 16.0 Å². The Hall–Kier alpha value is -2.22. The van der Waals surface area contributed by atoms with Crippen molar-refractivity contribution in [2.24, 2.45) is 5.92 Å². The van der Waals surface area contributed by atoms with Crippen LogP contribution in [0.1, 0.15) is 36.0 Å². The van der Waals surface area contributed by atoms with Crippen LogP contribution in [0.25, 0.3) is 0 Å². The molecule has 0 bridgehead atoms. The number of aliphatic hydroxyl groups is 1. The first-order chi connectivity index (χ1) is 9.97. The number of nitro groups is 1. The summed E-state index contributed by atoms with van der Waals surface area (Å²) in [7, 11) is 0. The van der Waals surface area contributed by atoms with Crippen LogP contribution in [0.15, 0.2) is 12.3 Å². The highest BCUT2D eigenvalue weighted by atomic mass is 16.6. The van der Waals surface area contributed by atoms with Gasteiger partial charge in [0.25, 0.3) is 0 Å². The van der Waals surface area contributed by atoms with Gasteiger partial charge >= 0.3 is 11.7 Å². The van der Waals surface area contributed by atoms with Crippen LogP contribution in [-0.2, 0) is 0 Å². The van der Waals surface area contributed by atoms with E-state index < -0.39 is 16.6 Å². The fourth-order valence-electron chi connectivity index (χ4n) is 2.46. The van der Waals surface area contributed by atoms with E-state index in [9.17, 15) is 20.0 Å². The number of pyridine rings is 1. The van der Waals surface area contributed by atoms with Crippen molar-refractivity contribution in [3.8, 4) is 0 Å². The molecule has 21 heavy (non-hydrogen) atoms. The molecule has 0 amide bonds. The lowest BCUT2D eigenvalue weighted by Gasteiger charge is -2.25. The Morgan fingerprint density at radius 3 is 2.67 bits per heavy atom. The van der Waals surface area contributed by atoms with Gasteiger partial charge in [0.05, 0.1) is 11.0 Å². The highest BCUT2D eigenvalue weighted by Gasteiger charge is 2.22. The molecule has 0 atom stereocenters. The molecule has 1 aromatic heterocycles. The zero-order chi connectivity index (χ0) is 15.4. The third-order valence-electron chi connectivity index (χ3n) is 3.70. The normalized spacial score (nSPS) is 21.8. The van der Waals surface area contributed by atoms with Crippen LogP contribution in [0.2, 0.25) is 0 Å². The summed E-state index contributed by atoms with van der Waals surface area (Å²) in [6, 6.07) is 1.18. The first-order valence-electron chi connectivity index (χ1n) is 6.77. The molecule has 1 aliphatic rings. The lowest BCUT2D eigenvalue weighted by molar-refractivity contribution is -0.385. The Morgan fingerprint density at radius 2 is 2.10 bits per heavy atom. The van der Waals surface area contributed by atoms with Crippen LogP contribution < -0.4 is 5.32 Å². The largest absolute Gasteiger partial charge is 0.477 e. The minimum Gasteiger partial charge on any atom is -0.477 e. The number of carbonyl (C=O) groups is 1. The second-order valence-electron chi connectivity index (χ2n) is 5.20. The summed E-state index contributed by atoms with van der Waals surface area (Å²) >= 11 is 0. The molecule has 2 rings (SSSR count). The van der Waals surface area contributed by atoms with E-state index in [-0.39, 0.29) is 11.7 Å². The summed E-state index contributed by atoms with van der Waals surface area (Å²) in [6.45, 7) is 0.608.